The summed E-state index contributed by atoms with van der Waals surface area (Å²) >= 11 is 0. The highest BCUT2D eigenvalue weighted by atomic mass is 19.4. The van der Waals surface area contributed by atoms with Crippen LogP contribution in [0.2, 0.25) is 0 Å². The van der Waals surface area contributed by atoms with E-state index in [0.29, 0.717) is 19.6 Å². The zero-order valence-corrected chi connectivity index (χ0v) is 10.7. The minimum atomic E-state index is -4.14. The van der Waals surface area contributed by atoms with E-state index in [2.05, 4.69) is 17.1 Å². The number of rotatable bonds is 5. The largest absolute Gasteiger partial charge is 0.406 e. The van der Waals surface area contributed by atoms with Gasteiger partial charge in [-0.05, 0) is 38.8 Å². The highest BCUT2D eigenvalue weighted by Gasteiger charge is 2.55. The topological polar surface area (TPSA) is 15.3 Å². The third-order valence-corrected chi connectivity index (χ3v) is 3.51. The Hall–Kier alpha value is -0.290. The summed E-state index contributed by atoms with van der Waals surface area (Å²) in [6.45, 7) is 6.38. The molecule has 5 heteroatoms. The first-order valence-electron chi connectivity index (χ1n) is 6.49. The Bertz CT molecular complexity index is 220. The van der Waals surface area contributed by atoms with Gasteiger partial charge in [0.25, 0.3) is 0 Å². The number of alkyl halides is 3. The van der Waals surface area contributed by atoms with Crippen LogP contribution in [0.3, 0.4) is 0 Å². The van der Waals surface area contributed by atoms with Crippen LogP contribution in [-0.2, 0) is 0 Å². The number of nitrogens with zero attached hydrogens (tertiary/aromatic N) is 1. The van der Waals surface area contributed by atoms with Crippen LogP contribution in [0.4, 0.5) is 13.2 Å². The molecule has 1 N–H and O–H groups in total. The Morgan fingerprint density at radius 1 is 1.12 bits per heavy atom. The van der Waals surface area contributed by atoms with Gasteiger partial charge in [-0.3, -0.25) is 0 Å². The first-order chi connectivity index (χ1) is 7.95. The molecule has 0 aromatic rings. The van der Waals surface area contributed by atoms with Crippen LogP contribution in [0.25, 0.3) is 0 Å². The van der Waals surface area contributed by atoms with E-state index in [9.17, 15) is 13.2 Å². The van der Waals surface area contributed by atoms with Crippen molar-refractivity contribution in [2.45, 2.75) is 51.2 Å². The molecule has 2 nitrogen and oxygen atoms in total. The van der Waals surface area contributed by atoms with E-state index in [-0.39, 0.29) is 12.8 Å². The Kier molecular flexibility index (Phi) is 5.25. The van der Waals surface area contributed by atoms with Crippen molar-refractivity contribution >= 4 is 0 Å². The molecular formula is C12H23F3N2. The van der Waals surface area contributed by atoms with E-state index in [1.54, 1.807) is 0 Å². The molecule has 1 rings (SSSR count). The first-order valence-corrected chi connectivity index (χ1v) is 6.49. The third kappa shape index (κ3) is 3.58. The monoisotopic (exact) mass is 252 g/mol. The van der Waals surface area contributed by atoms with E-state index in [1.165, 1.54) is 0 Å². The molecule has 1 aliphatic rings. The second kappa shape index (κ2) is 6.05. The van der Waals surface area contributed by atoms with Crippen LogP contribution in [0.1, 0.15) is 39.5 Å². The molecule has 1 fully saturated rings. The summed E-state index contributed by atoms with van der Waals surface area (Å²) in [7, 11) is 0. The lowest BCUT2D eigenvalue weighted by molar-refractivity contribution is -0.208. The molecule has 1 heterocycles. The Morgan fingerprint density at radius 2 is 1.71 bits per heavy atom. The van der Waals surface area contributed by atoms with Crippen LogP contribution >= 0.6 is 0 Å². The molecule has 0 aliphatic carbocycles. The number of hydrogen-bond donors (Lipinski definition) is 1. The summed E-state index contributed by atoms with van der Waals surface area (Å²) in [5.41, 5.74) is -1.65. The van der Waals surface area contributed by atoms with E-state index in [0.717, 1.165) is 19.4 Å². The van der Waals surface area contributed by atoms with Crippen molar-refractivity contribution in [3.8, 4) is 0 Å². The second-order valence-electron chi connectivity index (χ2n) is 4.85. The van der Waals surface area contributed by atoms with Gasteiger partial charge in [-0.2, -0.15) is 13.2 Å². The molecule has 0 atom stereocenters. The predicted octanol–water partition coefficient (Wildman–Crippen LogP) is 2.79. The Balaban J connectivity index is 2.62. The van der Waals surface area contributed by atoms with Crippen molar-refractivity contribution in [3.05, 3.63) is 0 Å². The number of halogens is 3. The highest BCUT2D eigenvalue weighted by Crippen LogP contribution is 2.38. The fourth-order valence-corrected chi connectivity index (χ4v) is 2.40. The molecule has 0 unspecified atom stereocenters. The number of hydrogen-bond acceptors (Lipinski definition) is 2. The van der Waals surface area contributed by atoms with Crippen LogP contribution < -0.4 is 5.32 Å². The van der Waals surface area contributed by atoms with Crippen molar-refractivity contribution in [1.82, 2.24) is 10.2 Å². The van der Waals surface area contributed by atoms with Gasteiger partial charge < -0.3 is 10.2 Å². The lowest BCUT2D eigenvalue weighted by Crippen LogP contribution is -2.62. The molecule has 0 radical (unpaired) electrons. The van der Waals surface area contributed by atoms with Gasteiger partial charge in [-0.15, -0.1) is 0 Å². The summed E-state index contributed by atoms with van der Waals surface area (Å²) in [5, 5.41) is 2.74. The molecule has 0 spiro atoms. The molecule has 0 amide bonds. The maximum atomic E-state index is 13.2. The van der Waals surface area contributed by atoms with Crippen LogP contribution in [0.15, 0.2) is 0 Å². The van der Waals surface area contributed by atoms with E-state index >= 15 is 0 Å². The summed E-state index contributed by atoms with van der Waals surface area (Å²) in [4.78, 5) is 2.12. The number of piperidine rings is 1. The lowest BCUT2D eigenvalue weighted by Gasteiger charge is -2.43. The van der Waals surface area contributed by atoms with Gasteiger partial charge in [-0.1, -0.05) is 13.8 Å². The van der Waals surface area contributed by atoms with Crippen molar-refractivity contribution in [2.75, 3.05) is 26.2 Å². The van der Waals surface area contributed by atoms with E-state index in [4.69, 9.17) is 0 Å². The van der Waals surface area contributed by atoms with Gasteiger partial charge in [-0.25, -0.2) is 0 Å². The van der Waals surface area contributed by atoms with Gasteiger partial charge in [0, 0.05) is 13.1 Å². The molecule has 102 valence electrons. The van der Waals surface area contributed by atoms with Gasteiger partial charge >= 0.3 is 6.18 Å². The van der Waals surface area contributed by atoms with Crippen molar-refractivity contribution in [2.24, 2.45) is 0 Å². The smallest absolute Gasteiger partial charge is 0.304 e. The van der Waals surface area contributed by atoms with Gasteiger partial charge in [0.15, 0.2) is 0 Å². The molecule has 1 aliphatic heterocycles. The molecule has 0 bridgehead atoms. The maximum absolute atomic E-state index is 13.2. The van der Waals surface area contributed by atoms with Crippen molar-refractivity contribution < 1.29 is 13.2 Å². The zero-order chi connectivity index (χ0) is 12.9. The van der Waals surface area contributed by atoms with E-state index in [1.807, 2.05) is 6.92 Å². The van der Waals surface area contributed by atoms with Crippen LogP contribution in [0.5, 0.6) is 0 Å². The number of likely N-dealkylation sites (tertiary alicyclic amines) is 1. The summed E-state index contributed by atoms with van der Waals surface area (Å²) in [5.74, 6) is 0. The Morgan fingerprint density at radius 3 is 2.12 bits per heavy atom. The highest BCUT2D eigenvalue weighted by molar-refractivity contribution is 4.99. The van der Waals surface area contributed by atoms with Crippen molar-refractivity contribution in [3.63, 3.8) is 0 Å². The minimum absolute atomic E-state index is 0.177. The average molecular weight is 252 g/mol. The summed E-state index contributed by atoms with van der Waals surface area (Å²) < 4.78 is 39.5. The van der Waals surface area contributed by atoms with Gasteiger partial charge in [0.2, 0.25) is 0 Å². The quantitative estimate of drug-likeness (QED) is 0.809. The maximum Gasteiger partial charge on any atom is 0.406 e. The molecule has 0 aromatic carbocycles. The predicted molar refractivity (Wildman–Crippen MR) is 63.0 cm³/mol. The number of nitrogens with one attached hydrogen (secondary N) is 1. The average Bonchev–Trinajstić information content (AvgIpc) is 2.27. The first kappa shape index (κ1) is 14.8. The SMILES string of the molecule is CCCNC1(C(F)(F)F)CCN(CCC)CC1. The fourth-order valence-electron chi connectivity index (χ4n) is 2.40. The van der Waals surface area contributed by atoms with E-state index < -0.39 is 11.7 Å². The van der Waals surface area contributed by atoms with Crippen LogP contribution in [0, 0.1) is 0 Å². The third-order valence-electron chi connectivity index (χ3n) is 3.51. The molecule has 0 aromatic heterocycles. The zero-order valence-electron chi connectivity index (χ0n) is 10.7. The molecule has 0 saturated carbocycles. The fraction of sp³-hybridized carbons (Fsp3) is 1.00. The molecule has 17 heavy (non-hydrogen) atoms. The van der Waals surface area contributed by atoms with Gasteiger partial charge in [0.05, 0.1) is 0 Å². The normalized spacial score (nSPS) is 21.7. The molecule has 1 saturated heterocycles. The van der Waals surface area contributed by atoms with Crippen molar-refractivity contribution in [1.29, 1.82) is 0 Å². The summed E-state index contributed by atoms with van der Waals surface area (Å²) in [6, 6.07) is 0. The standard InChI is InChI=1S/C12H23F3N2/c1-3-7-16-11(12(13,14)15)5-9-17(8-4-2)10-6-11/h16H,3-10H2,1-2H3. The summed E-state index contributed by atoms with van der Waals surface area (Å²) in [6.07, 6.45) is -2.05. The lowest BCUT2D eigenvalue weighted by atomic mass is 9.86. The van der Waals surface area contributed by atoms with Crippen LogP contribution in [-0.4, -0.2) is 42.8 Å². The Labute approximate surface area is 102 Å². The molecular weight excluding hydrogens is 229 g/mol. The van der Waals surface area contributed by atoms with Gasteiger partial charge in [0.1, 0.15) is 5.54 Å². The second-order valence-corrected chi connectivity index (χ2v) is 4.85. The minimum Gasteiger partial charge on any atom is -0.304 e.